The van der Waals surface area contributed by atoms with E-state index >= 15 is 0 Å². The molecule has 1 aliphatic heterocycles. The molecule has 1 heterocycles. The lowest BCUT2D eigenvalue weighted by molar-refractivity contribution is 0.492. The first kappa shape index (κ1) is 12.3. The number of rotatable bonds is 2. The predicted molar refractivity (Wildman–Crippen MR) is 71.4 cm³/mol. The molecule has 2 rings (SSSR count). The van der Waals surface area contributed by atoms with Gasteiger partial charge in [0.2, 0.25) is 0 Å². The summed E-state index contributed by atoms with van der Waals surface area (Å²) in [6.45, 7) is 5.50. The summed E-state index contributed by atoms with van der Waals surface area (Å²) in [7, 11) is 0. The third-order valence-electron chi connectivity index (χ3n) is 3.48. The molecule has 17 heavy (non-hydrogen) atoms. The fourth-order valence-electron chi connectivity index (χ4n) is 2.65. The number of hydrogen-bond donors (Lipinski definition) is 0. The largest absolute Gasteiger partial charge is 0.367 e. The van der Waals surface area contributed by atoms with E-state index in [0.29, 0.717) is 22.5 Å². The highest BCUT2D eigenvalue weighted by Crippen LogP contribution is 2.34. The zero-order valence-electron chi connectivity index (χ0n) is 10.3. The Hall–Kier alpha value is -1.20. The standard InChI is InChI=1S/C14H17ClN2/c1-10(2)13-7-4-8-17(13)14-6-3-5-12(15)11(14)9-16/h3,5-6,10,13H,4,7-8H2,1-2H3. The highest BCUT2D eigenvalue weighted by Gasteiger charge is 2.29. The van der Waals surface area contributed by atoms with Crippen molar-refractivity contribution < 1.29 is 0 Å². The average molecular weight is 249 g/mol. The molecule has 0 saturated carbocycles. The summed E-state index contributed by atoms with van der Waals surface area (Å²) in [4.78, 5) is 2.34. The molecule has 0 bridgehead atoms. The minimum absolute atomic E-state index is 0.528. The first-order valence-corrected chi connectivity index (χ1v) is 6.48. The summed E-state index contributed by atoms with van der Waals surface area (Å²) in [5, 5.41) is 9.78. The van der Waals surface area contributed by atoms with Crippen LogP contribution in [0.1, 0.15) is 32.3 Å². The monoisotopic (exact) mass is 248 g/mol. The van der Waals surface area contributed by atoms with Crippen molar-refractivity contribution in [3.8, 4) is 6.07 Å². The quantitative estimate of drug-likeness (QED) is 0.795. The molecule has 0 amide bonds. The maximum Gasteiger partial charge on any atom is 0.103 e. The van der Waals surface area contributed by atoms with Crippen molar-refractivity contribution in [2.75, 3.05) is 11.4 Å². The highest BCUT2D eigenvalue weighted by atomic mass is 35.5. The van der Waals surface area contributed by atoms with E-state index in [9.17, 15) is 5.26 Å². The van der Waals surface area contributed by atoms with Crippen LogP contribution in [0.2, 0.25) is 5.02 Å². The summed E-state index contributed by atoms with van der Waals surface area (Å²) in [5.41, 5.74) is 1.61. The Labute approximate surface area is 108 Å². The van der Waals surface area contributed by atoms with Gasteiger partial charge < -0.3 is 4.90 Å². The van der Waals surface area contributed by atoms with Crippen molar-refractivity contribution >= 4 is 17.3 Å². The number of nitrogens with zero attached hydrogens (tertiary/aromatic N) is 2. The van der Waals surface area contributed by atoms with E-state index in [1.807, 2.05) is 12.1 Å². The van der Waals surface area contributed by atoms with Crippen molar-refractivity contribution in [3.05, 3.63) is 28.8 Å². The molecule has 0 N–H and O–H groups in total. The van der Waals surface area contributed by atoms with Gasteiger partial charge in [0.05, 0.1) is 16.3 Å². The summed E-state index contributed by atoms with van der Waals surface area (Å²) in [6, 6.07) is 8.47. The smallest absolute Gasteiger partial charge is 0.103 e. The Morgan fingerprint density at radius 3 is 2.88 bits per heavy atom. The van der Waals surface area contributed by atoms with E-state index in [-0.39, 0.29) is 0 Å². The Kier molecular flexibility index (Phi) is 3.59. The average Bonchev–Trinajstić information content (AvgIpc) is 2.77. The van der Waals surface area contributed by atoms with Gasteiger partial charge in [0.15, 0.2) is 0 Å². The van der Waals surface area contributed by atoms with Crippen LogP contribution in [0.15, 0.2) is 18.2 Å². The molecule has 1 fully saturated rings. The summed E-state index contributed by atoms with van der Waals surface area (Å²) >= 11 is 6.09. The molecular formula is C14H17ClN2. The van der Waals surface area contributed by atoms with E-state index in [0.717, 1.165) is 12.2 Å². The number of halogens is 1. The molecule has 1 aromatic carbocycles. The van der Waals surface area contributed by atoms with Crippen LogP contribution in [0.5, 0.6) is 0 Å². The molecule has 0 aliphatic carbocycles. The lowest BCUT2D eigenvalue weighted by Gasteiger charge is -2.30. The van der Waals surface area contributed by atoms with Crippen LogP contribution >= 0.6 is 11.6 Å². The van der Waals surface area contributed by atoms with Crippen molar-refractivity contribution in [3.63, 3.8) is 0 Å². The molecule has 0 spiro atoms. The fraction of sp³-hybridized carbons (Fsp3) is 0.500. The van der Waals surface area contributed by atoms with Gasteiger partial charge in [-0.05, 0) is 30.9 Å². The lowest BCUT2D eigenvalue weighted by Crippen LogP contribution is -2.33. The van der Waals surface area contributed by atoms with Crippen LogP contribution in [0.4, 0.5) is 5.69 Å². The summed E-state index contributed by atoms with van der Waals surface area (Å²) < 4.78 is 0. The molecule has 1 aliphatic rings. The van der Waals surface area contributed by atoms with E-state index in [4.69, 9.17) is 11.6 Å². The molecule has 1 unspecified atom stereocenters. The van der Waals surface area contributed by atoms with Crippen LogP contribution in [0, 0.1) is 17.2 Å². The Morgan fingerprint density at radius 2 is 2.24 bits per heavy atom. The molecule has 1 atom stereocenters. The van der Waals surface area contributed by atoms with E-state index in [1.165, 1.54) is 12.8 Å². The summed E-state index contributed by atoms with van der Waals surface area (Å²) in [6.07, 6.45) is 2.40. The lowest BCUT2D eigenvalue weighted by atomic mass is 10.0. The Bertz CT molecular complexity index is 448. The maximum absolute atomic E-state index is 9.22. The predicted octanol–water partition coefficient (Wildman–Crippen LogP) is 3.84. The van der Waals surface area contributed by atoms with E-state index in [1.54, 1.807) is 6.07 Å². The Morgan fingerprint density at radius 1 is 1.47 bits per heavy atom. The van der Waals surface area contributed by atoms with Gasteiger partial charge in [-0.25, -0.2) is 0 Å². The molecule has 0 aromatic heterocycles. The normalized spacial score (nSPS) is 19.7. The van der Waals surface area contributed by atoms with Crippen LogP contribution in [0.25, 0.3) is 0 Å². The minimum Gasteiger partial charge on any atom is -0.367 e. The van der Waals surface area contributed by atoms with Gasteiger partial charge in [-0.3, -0.25) is 0 Å². The third-order valence-corrected chi connectivity index (χ3v) is 3.80. The second kappa shape index (κ2) is 4.98. The van der Waals surface area contributed by atoms with Gasteiger partial charge in [-0.15, -0.1) is 0 Å². The second-order valence-corrected chi connectivity index (χ2v) is 5.30. The third kappa shape index (κ3) is 2.25. The topological polar surface area (TPSA) is 27.0 Å². The number of hydrogen-bond acceptors (Lipinski definition) is 2. The van der Waals surface area contributed by atoms with E-state index in [2.05, 4.69) is 24.8 Å². The van der Waals surface area contributed by atoms with Crippen LogP contribution in [-0.2, 0) is 0 Å². The SMILES string of the molecule is CC(C)C1CCCN1c1cccc(Cl)c1C#N. The van der Waals surface area contributed by atoms with Gasteiger partial charge in [0.25, 0.3) is 0 Å². The Balaban J connectivity index is 2.40. The first-order valence-electron chi connectivity index (χ1n) is 6.10. The van der Waals surface area contributed by atoms with Gasteiger partial charge in [0, 0.05) is 12.6 Å². The van der Waals surface area contributed by atoms with Gasteiger partial charge in [-0.2, -0.15) is 5.26 Å². The van der Waals surface area contributed by atoms with Gasteiger partial charge in [-0.1, -0.05) is 31.5 Å². The molecule has 1 aromatic rings. The van der Waals surface area contributed by atoms with Crippen LogP contribution < -0.4 is 4.90 Å². The highest BCUT2D eigenvalue weighted by molar-refractivity contribution is 6.32. The van der Waals surface area contributed by atoms with Gasteiger partial charge >= 0.3 is 0 Å². The molecule has 90 valence electrons. The van der Waals surface area contributed by atoms with Crippen molar-refractivity contribution in [1.29, 1.82) is 5.26 Å². The molecule has 0 radical (unpaired) electrons. The molecule has 2 nitrogen and oxygen atoms in total. The minimum atomic E-state index is 0.528. The van der Waals surface area contributed by atoms with Crippen molar-refractivity contribution in [2.24, 2.45) is 5.92 Å². The zero-order valence-corrected chi connectivity index (χ0v) is 11.0. The van der Waals surface area contributed by atoms with Crippen LogP contribution in [0.3, 0.4) is 0 Å². The molecule has 1 saturated heterocycles. The maximum atomic E-state index is 9.22. The first-order chi connectivity index (χ1) is 8.15. The molecule has 3 heteroatoms. The van der Waals surface area contributed by atoms with Crippen LogP contribution in [-0.4, -0.2) is 12.6 Å². The number of nitriles is 1. The number of anilines is 1. The van der Waals surface area contributed by atoms with Crippen molar-refractivity contribution in [1.82, 2.24) is 0 Å². The van der Waals surface area contributed by atoms with Gasteiger partial charge in [0.1, 0.15) is 6.07 Å². The van der Waals surface area contributed by atoms with E-state index < -0.39 is 0 Å². The fourth-order valence-corrected chi connectivity index (χ4v) is 2.86. The number of benzene rings is 1. The zero-order chi connectivity index (χ0) is 12.4. The summed E-state index contributed by atoms with van der Waals surface area (Å²) in [5.74, 6) is 0.600. The second-order valence-electron chi connectivity index (χ2n) is 4.89. The van der Waals surface area contributed by atoms with Crippen molar-refractivity contribution in [2.45, 2.75) is 32.7 Å². The molecular weight excluding hydrogens is 232 g/mol.